The monoisotopic (exact) mass is 649 g/mol. The molecule has 1 N–H and O–H groups in total. The third-order valence-corrected chi connectivity index (χ3v) is 9.45. The van der Waals surface area contributed by atoms with Gasteiger partial charge in [0, 0.05) is 60.2 Å². The lowest BCUT2D eigenvalue weighted by Crippen LogP contribution is -2.58. The number of nitrogens with zero attached hydrogens (tertiary/aromatic N) is 5. The molecule has 14 heteroatoms. The van der Waals surface area contributed by atoms with Crippen molar-refractivity contribution in [1.29, 1.82) is 0 Å². The van der Waals surface area contributed by atoms with Crippen LogP contribution < -0.4 is 9.64 Å². The van der Waals surface area contributed by atoms with Crippen LogP contribution in [0.3, 0.4) is 0 Å². The summed E-state index contributed by atoms with van der Waals surface area (Å²) in [5.74, 6) is -0.310. The van der Waals surface area contributed by atoms with Crippen LogP contribution in [0.5, 0.6) is 5.75 Å². The van der Waals surface area contributed by atoms with Crippen LogP contribution in [-0.2, 0) is 14.9 Å². The van der Waals surface area contributed by atoms with Crippen LogP contribution in [0, 0.1) is 11.2 Å². The third-order valence-electron chi connectivity index (χ3n) is 7.79. The molecule has 3 aromatic heterocycles. The van der Waals surface area contributed by atoms with E-state index in [0.717, 1.165) is 30.2 Å². The first-order valence-electron chi connectivity index (χ1n) is 13.9. The van der Waals surface area contributed by atoms with E-state index in [9.17, 15) is 13.0 Å². The van der Waals surface area contributed by atoms with Crippen molar-refractivity contribution in [2.24, 2.45) is 5.41 Å². The second-order valence-corrected chi connectivity index (χ2v) is 13.8. The molecule has 228 valence electrons. The molecule has 0 spiro atoms. The van der Waals surface area contributed by atoms with Gasteiger partial charge in [-0.15, -0.1) is 0 Å². The van der Waals surface area contributed by atoms with Gasteiger partial charge in [-0.25, -0.2) is 14.1 Å². The Morgan fingerprint density at radius 3 is 2.58 bits per heavy atom. The van der Waals surface area contributed by atoms with Crippen molar-refractivity contribution in [3.05, 3.63) is 64.3 Å². The maximum absolute atomic E-state index is 15.5. The summed E-state index contributed by atoms with van der Waals surface area (Å²) >= 11 is 12.7. The van der Waals surface area contributed by atoms with Gasteiger partial charge >= 0.3 is 0 Å². The number of pyridine rings is 2. The topological polar surface area (TPSA) is 120 Å². The predicted molar refractivity (Wildman–Crippen MR) is 162 cm³/mol. The highest BCUT2D eigenvalue weighted by molar-refractivity contribution is 7.85. The third kappa shape index (κ3) is 6.16. The molecule has 4 aromatic rings. The Kier molecular flexibility index (Phi) is 8.01. The average Bonchev–Trinajstić information content (AvgIpc) is 3.30. The van der Waals surface area contributed by atoms with Crippen LogP contribution >= 0.6 is 23.2 Å². The summed E-state index contributed by atoms with van der Waals surface area (Å²) in [7, 11) is -4.15. The van der Waals surface area contributed by atoms with Gasteiger partial charge in [0.05, 0.1) is 21.3 Å². The zero-order valence-corrected chi connectivity index (χ0v) is 25.8. The molecule has 2 fully saturated rings. The van der Waals surface area contributed by atoms with Gasteiger partial charge < -0.3 is 14.4 Å². The van der Waals surface area contributed by atoms with Gasteiger partial charge in [-0.2, -0.15) is 13.5 Å². The average molecular weight is 651 g/mol. The highest BCUT2D eigenvalue weighted by Crippen LogP contribution is 2.39. The van der Waals surface area contributed by atoms with E-state index in [1.165, 1.54) is 18.5 Å². The largest absolute Gasteiger partial charge is 0.486 e. The lowest BCUT2D eigenvalue weighted by Gasteiger charge is -2.48. The molecule has 2 atom stereocenters. The predicted octanol–water partition coefficient (Wildman–Crippen LogP) is 6.49. The van der Waals surface area contributed by atoms with Crippen molar-refractivity contribution in [2.75, 3.05) is 30.3 Å². The van der Waals surface area contributed by atoms with Crippen LogP contribution in [0.2, 0.25) is 10.0 Å². The van der Waals surface area contributed by atoms with E-state index >= 15 is 4.39 Å². The maximum Gasteiger partial charge on any atom is 0.265 e. The summed E-state index contributed by atoms with van der Waals surface area (Å²) in [4.78, 5) is 10.0. The molecule has 43 heavy (non-hydrogen) atoms. The summed E-state index contributed by atoms with van der Waals surface area (Å²) in [5, 5.41) is 6.39. The highest BCUT2D eigenvalue weighted by Gasteiger charge is 2.43. The number of halogens is 3. The van der Waals surface area contributed by atoms with E-state index in [2.05, 4.69) is 9.97 Å². The van der Waals surface area contributed by atoms with Crippen molar-refractivity contribution < 1.29 is 26.8 Å². The van der Waals surface area contributed by atoms with E-state index in [1.54, 1.807) is 18.0 Å². The Morgan fingerprint density at radius 1 is 1.19 bits per heavy atom. The molecular formula is C29H30Cl2FN5O5S. The van der Waals surface area contributed by atoms with Gasteiger partial charge in [0.25, 0.3) is 10.1 Å². The minimum atomic E-state index is -4.15. The lowest BCUT2D eigenvalue weighted by molar-refractivity contribution is -0.0365. The smallest absolute Gasteiger partial charge is 0.265 e. The summed E-state index contributed by atoms with van der Waals surface area (Å²) in [6.07, 6.45) is 6.62. The summed E-state index contributed by atoms with van der Waals surface area (Å²) in [6, 6.07) is 6.96. The molecule has 0 radical (unpaired) electrons. The normalized spacial score (nSPS) is 19.3. The minimum absolute atomic E-state index is 0.111. The quantitative estimate of drug-likeness (QED) is 0.213. The highest BCUT2D eigenvalue weighted by atomic mass is 35.5. The number of aromatic nitrogens is 4. The van der Waals surface area contributed by atoms with Crippen LogP contribution in [0.1, 0.15) is 51.0 Å². The van der Waals surface area contributed by atoms with Gasteiger partial charge in [0.15, 0.2) is 17.9 Å². The summed E-state index contributed by atoms with van der Waals surface area (Å²) in [5.41, 5.74) is 1.71. The van der Waals surface area contributed by atoms with E-state index in [4.69, 9.17) is 37.8 Å². The van der Waals surface area contributed by atoms with Crippen molar-refractivity contribution in [3.8, 4) is 17.0 Å². The molecule has 2 saturated heterocycles. The molecule has 10 nitrogen and oxygen atoms in total. The molecule has 5 heterocycles. The van der Waals surface area contributed by atoms with Crippen molar-refractivity contribution in [1.82, 2.24) is 19.7 Å². The molecule has 2 aliphatic heterocycles. The van der Waals surface area contributed by atoms with Crippen LogP contribution in [0.15, 0.2) is 42.9 Å². The molecule has 1 aromatic carbocycles. The molecule has 0 amide bonds. The summed E-state index contributed by atoms with van der Waals surface area (Å²) in [6.45, 7) is 4.69. The first-order chi connectivity index (χ1) is 20.4. The summed E-state index contributed by atoms with van der Waals surface area (Å²) < 4.78 is 61.6. The van der Waals surface area contributed by atoms with Gasteiger partial charge in [-0.3, -0.25) is 9.54 Å². The Balaban J connectivity index is 1.34. The Bertz CT molecular complexity index is 1770. The van der Waals surface area contributed by atoms with Crippen LogP contribution in [0.25, 0.3) is 22.2 Å². The van der Waals surface area contributed by atoms with Crippen LogP contribution in [-0.4, -0.2) is 58.2 Å². The first-order valence-corrected chi connectivity index (χ1v) is 16.2. The Morgan fingerprint density at radius 2 is 1.93 bits per heavy atom. The standard InChI is InChI=1S/C29H30Cl2FN5O5S/c1-17(26-21(30)12-33-13-22(26)31)42-19-6-7-24-20(10-19)27(35-37(24)25-5-3-4-8-41-25)18-9-23(32)28(34-11-18)36-14-29(2,15-36)16-43(38,39)40/h6-7,9-13,17,25H,3-5,8,14-16H2,1-2H3,(H,38,39,40)/t17-,25?/m1/s1. The van der Waals surface area contributed by atoms with Gasteiger partial charge in [0.1, 0.15) is 17.5 Å². The van der Waals surface area contributed by atoms with E-state index in [-0.39, 0.29) is 25.1 Å². The van der Waals surface area contributed by atoms with Crippen molar-refractivity contribution in [3.63, 3.8) is 0 Å². The Hall–Kier alpha value is -3.03. The minimum Gasteiger partial charge on any atom is -0.486 e. The SMILES string of the molecule is C[C@@H](Oc1ccc2c(c1)c(-c1cnc(N3CC(C)(CS(=O)(=O)O)C3)c(F)c1)nn2C1CCCCO1)c1c(Cl)cncc1Cl. The first kappa shape index (κ1) is 30.0. The number of ether oxygens (including phenoxy) is 2. The number of anilines is 1. The number of rotatable bonds is 8. The van der Waals surface area contributed by atoms with Gasteiger partial charge in [0.2, 0.25) is 0 Å². The second-order valence-electron chi connectivity index (χ2n) is 11.5. The van der Waals surface area contributed by atoms with E-state index < -0.39 is 33.2 Å². The number of benzene rings is 1. The van der Waals surface area contributed by atoms with Crippen molar-refractivity contribution >= 4 is 50.0 Å². The molecule has 0 bridgehead atoms. The van der Waals surface area contributed by atoms with Gasteiger partial charge in [-0.1, -0.05) is 30.1 Å². The molecular weight excluding hydrogens is 620 g/mol. The molecule has 0 aliphatic carbocycles. The number of hydrogen-bond acceptors (Lipinski definition) is 8. The fourth-order valence-electron chi connectivity index (χ4n) is 5.97. The van der Waals surface area contributed by atoms with Crippen LogP contribution in [0.4, 0.5) is 10.2 Å². The zero-order chi connectivity index (χ0) is 30.5. The molecule has 1 unspecified atom stereocenters. The van der Waals surface area contributed by atoms with Crippen molar-refractivity contribution in [2.45, 2.75) is 45.4 Å². The molecule has 2 aliphatic rings. The van der Waals surface area contributed by atoms with E-state index in [0.29, 0.717) is 39.2 Å². The maximum atomic E-state index is 15.5. The number of hydrogen-bond donors (Lipinski definition) is 1. The number of fused-ring (bicyclic) bond motifs is 1. The van der Waals surface area contributed by atoms with Gasteiger partial charge in [-0.05, 0) is 50.5 Å². The molecule has 6 rings (SSSR count). The van der Waals surface area contributed by atoms with E-state index in [1.807, 2.05) is 29.8 Å². The fourth-order valence-corrected chi connectivity index (χ4v) is 7.70. The lowest BCUT2D eigenvalue weighted by atomic mass is 9.84. The zero-order valence-electron chi connectivity index (χ0n) is 23.5. The molecule has 0 saturated carbocycles. The Labute approximate surface area is 258 Å². The fraction of sp³-hybridized carbons (Fsp3) is 0.414. The second kappa shape index (κ2) is 11.5.